The highest BCUT2D eigenvalue weighted by atomic mass is 32.2. The summed E-state index contributed by atoms with van der Waals surface area (Å²) in [6.45, 7) is 3.65. The summed E-state index contributed by atoms with van der Waals surface area (Å²) in [5.74, 6) is 0.150. The first-order valence-corrected chi connectivity index (χ1v) is 19.1. The lowest BCUT2D eigenvalue weighted by molar-refractivity contribution is -0.115. The number of aryl methyl sites for hydroxylation is 1. The molecule has 1 aliphatic carbocycles. The second-order valence-electron chi connectivity index (χ2n) is 12.8. The molecular weight excluding hydrogens is 747 g/mol. The molecule has 0 bridgehead atoms. The molecule has 0 aromatic heterocycles. The number of hydrogen-bond acceptors (Lipinski definition) is 8. The van der Waals surface area contributed by atoms with Crippen molar-refractivity contribution in [2.75, 3.05) is 16.0 Å². The Morgan fingerprint density at radius 2 is 1.28 bits per heavy atom. The van der Waals surface area contributed by atoms with Crippen molar-refractivity contribution < 1.29 is 37.1 Å². The molecule has 5 aromatic carbocycles. The zero-order valence-electron chi connectivity index (χ0n) is 30.8. The van der Waals surface area contributed by atoms with Crippen LogP contribution in [-0.2, 0) is 21.1 Å². The van der Waals surface area contributed by atoms with Crippen LogP contribution < -0.4 is 30.7 Å². The number of urea groups is 1. The average molecular weight is 784 g/mol. The summed E-state index contributed by atoms with van der Waals surface area (Å²) >= 11 is 0. The number of nitrogens with zero attached hydrogens (tertiary/aromatic N) is 1. The van der Waals surface area contributed by atoms with Gasteiger partial charge < -0.3 is 20.1 Å². The van der Waals surface area contributed by atoms with Crippen LogP contribution in [0.2, 0.25) is 0 Å². The maximum Gasteiger partial charge on any atom is 0.417 e. The summed E-state index contributed by atoms with van der Waals surface area (Å²) in [6, 6.07) is 33.1. The minimum absolute atomic E-state index is 0.0484. The molecule has 5 amide bonds. The van der Waals surface area contributed by atoms with Crippen molar-refractivity contribution in [2.24, 2.45) is 10.9 Å². The Balaban J connectivity index is 1.07. The zero-order valence-corrected chi connectivity index (χ0v) is 31.6. The molecule has 4 N–H and O–H groups in total. The van der Waals surface area contributed by atoms with Gasteiger partial charge in [0.2, 0.25) is 15.7 Å². The van der Waals surface area contributed by atoms with Crippen molar-refractivity contribution in [2.45, 2.75) is 30.1 Å². The van der Waals surface area contributed by atoms with Crippen LogP contribution >= 0.6 is 0 Å². The highest BCUT2D eigenvalue weighted by molar-refractivity contribution is 7.91. The molecule has 5 aromatic rings. The second-order valence-corrected chi connectivity index (χ2v) is 14.8. The topological polar surface area (TPSA) is 181 Å². The lowest BCUT2D eigenvalue weighted by Gasteiger charge is -2.17. The van der Waals surface area contributed by atoms with Crippen molar-refractivity contribution in [3.8, 4) is 11.5 Å². The molecule has 0 saturated heterocycles. The van der Waals surface area contributed by atoms with Gasteiger partial charge in [-0.15, -0.1) is 0 Å². The first-order valence-electron chi connectivity index (χ1n) is 17.6. The van der Waals surface area contributed by atoms with E-state index in [1.54, 1.807) is 116 Å². The number of sulfone groups is 1. The van der Waals surface area contributed by atoms with Crippen molar-refractivity contribution in [3.63, 3.8) is 0 Å². The standard InChI is InChI=1S/C43H37N5O8S/c1-28-19-21-32(26-38(28)47-42(51)55-34-13-5-3-6-14-34)44-40(49)24-30-11-9-17-36(23-30)57(53,54)37-18-10-12-31(25-37)45-41(50)46-33-22-20-29(2)39(27-33)48-43(52)56-35-15-7-4-8-16-35/h3-23,25-27,29H,24H2,1-2H3,(H,44,49)(H,45,50)(H,47,51)(H,48,52). The predicted molar refractivity (Wildman–Crippen MR) is 216 cm³/mol. The Labute approximate surface area is 329 Å². The van der Waals surface area contributed by atoms with Crippen LogP contribution in [0.25, 0.3) is 0 Å². The number of para-hydroxylation sites is 2. The van der Waals surface area contributed by atoms with Gasteiger partial charge in [0.15, 0.2) is 0 Å². The van der Waals surface area contributed by atoms with E-state index >= 15 is 0 Å². The molecule has 0 radical (unpaired) electrons. The highest BCUT2D eigenvalue weighted by Gasteiger charge is 2.20. The van der Waals surface area contributed by atoms with Crippen LogP contribution in [0.15, 0.2) is 166 Å². The number of benzene rings is 5. The van der Waals surface area contributed by atoms with E-state index in [4.69, 9.17) is 9.47 Å². The zero-order chi connectivity index (χ0) is 40.4. The van der Waals surface area contributed by atoms with E-state index < -0.39 is 34.0 Å². The Kier molecular flexibility index (Phi) is 12.3. The summed E-state index contributed by atoms with van der Waals surface area (Å²) < 4.78 is 38.0. The number of rotatable bonds is 10. The van der Waals surface area contributed by atoms with Gasteiger partial charge in [0.25, 0.3) is 0 Å². The Morgan fingerprint density at radius 1 is 0.667 bits per heavy atom. The molecule has 0 fully saturated rings. The normalized spacial score (nSPS) is 14.2. The van der Waals surface area contributed by atoms with Crippen molar-refractivity contribution in [1.82, 2.24) is 5.32 Å². The molecule has 1 unspecified atom stereocenters. The Morgan fingerprint density at radius 3 is 1.96 bits per heavy atom. The summed E-state index contributed by atoms with van der Waals surface area (Å²) in [7, 11) is -4.08. The van der Waals surface area contributed by atoms with E-state index in [-0.39, 0.29) is 33.5 Å². The number of ether oxygens (including phenoxy) is 2. The lowest BCUT2D eigenvalue weighted by atomic mass is 10.0. The fraction of sp³-hybridized carbons (Fsp3) is 0.0930. The molecule has 1 aliphatic rings. The van der Waals surface area contributed by atoms with Crippen LogP contribution in [0.1, 0.15) is 18.1 Å². The van der Waals surface area contributed by atoms with Gasteiger partial charge in [-0.25, -0.2) is 22.8 Å². The maximum atomic E-state index is 13.7. The minimum atomic E-state index is -4.08. The fourth-order valence-electron chi connectivity index (χ4n) is 5.57. The molecule has 1 atom stereocenters. The summed E-state index contributed by atoms with van der Waals surface area (Å²) in [6.07, 6.45) is 3.42. The third kappa shape index (κ3) is 10.9. The van der Waals surface area contributed by atoms with Crippen molar-refractivity contribution >= 4 is 56.7 Å². The third-order valence-electron chi connectivity index (χ3n) is 8.46. The quantitative estimate of drug-likeness (QED) is 0.109. The van der Waals surface area contributed by atoms with E-state index in [9.17, 15) is 27.6 Å². The molecule has 0 spiro atoms. The summed E-state index contributed by atoms with van der Waals surface area (Å²) in [5.41, 5.74) is 2.95. The number of carbonyl (C=O) groups excluding carboxylic acids is 4. The van der Waals surface area contributed by atoms with Crippen LogP contribution in [0.5, 0.6) is 11.5 Å². The smallest absolute Gasteiger partial charge is 0.410 e. The molecule has 13 nitrogen and oxygen atoms in total. The average Bonchev–Trinajstić information content (AvgIpc) is 3.18. The Bertz CT molecular complexity index is 2520. The van der Waals surface area contributed by atoms with E-state index in [1.807, 2.05) is 6.92 Å². The minimum Gasteiger partial charge on any atom is -0.410 e. The monoisotopic (exact) mass is 783 g/mol. The number of allylic oxidation sites excluding steroid dienone is 3. The molecule has 0 aliphatic heterocycles. The SMILES string of the molecule is Cc1ccc(NC(=O)Cc2cccc(S(=O)(=O)c3cccc(NC(=O)N=C4C=CC(C)C(NC(=O)Oc5ccccc5)=C4)c3)c2)cc1NC(=O)Oc1ccccc1. The second kappa shape index (κ2) is 17.9. The van der Waals surface area contributed by atoms with Gasteiger partial charge in [0, 0.05) is 28.7 Å². The number of hydrogen-bond donors (Lipinski definition) is 4. The molecule has 0 heterocycles. The molecule has 0 saturated carbocycles. The summed E-state index contributed by atoms with van der Waals surface area (Å²) in [4.78, 5) is 54.8. The Hall–Kier alpha value is -7.32. The summed E-state index contributed by atoms with van der Waals surface area (Å²) in [5, 5.41) is 10.7. The van der Waals surface area contributed by atoms with Gasteiger partial charge in [0.1, 0.15) is 11.5 Å². The predicted octanol–water partition coefficient (Wildman–Crippen LogP) is 8.47. The fourth-order valence-corrected chi connectivity index (χ4v) is 6.94. The first-order chi connectivity index (χ1) is 27.4. The van der Waals surface area contributed by atoms with Gasteiger partial charge >= 0.3 is 18.2 Å². The van der Waals surface area contributed by atoms with Gasteiger partial charge in [0.05, 0.1) is 21.9 Å². The van der Waals surface area contributed by atoms with Gasteiger partial charge in [-0.1, -0.05) is 73.7 Å². The van der Waals surface area contributed by atoms with Crippen LogP contribution in [0, 0.1) is 12.8 Å². The molecule has 57 heavy (non-hydrogen) atoms. The highest BCUT2D eigenvalue weighted by Crippen LogP contribution is 2.26. The van der Waals surface area contributed by atoms with Gasteiger partial charge in [-0.3, -0.25) is 15.4 Å². The van der Waals surface area contributed by atoms with Crippen LogP contribution in [0.3, 0.4) is 0 Å². The number of carbonyl (C=O) groups is 4. The number of amides is 5. The number of aliphatic imine (C=N–C) groups is 1. The third-order valence-corrected chi connectivity index (χ3v) is 10.2. The molecule has 14 heteroatoms. The number of nitrogens with one attached hydrogen (secondary N) is 4. The largest absolute Gasteiger partial charge is 0.417 e. The number of anilines is 3. The van der Waals surface area contributed by atoms with E-state index in [1.165, 1.54) is 36.4 Å². The maximum absolute atomic E-state index is 13.7. The molecular formula is C43H37N5O8S. The van der Waals surface area contributed by atoms with E-state index in [0.717, 1.165) is 5.56 Å². The van der Waals surface area contributed by atoms with E-state index in [0.29, 0.717) is 34.1 Å². The van der Waals surface area contributed by atoms with E-state index in [2.05, 4.69) is 26.3 Å². The molecule has 6 rings (SSSR count). The molecule has 288 valence electrons. The lowest BCUT2D eigenvalue weighted by Crippen LogP contribution is -2.30. The van der Waals surface area contributed by atoms with Crippen molar-refractivity contribution in [1.29, 1.82) is 0 Å². The van der Waals surface area contributed by atoms with Crippen molar-refractivity contribution in [3.05, 3.63) is 162 Å². The van der Waals surface area contributed by atoms with Crippen LogP contribution in [-0.4, -0.2) is 38.3 Å². The first kappa shape index (κ1) is 39.4. The van der Waals surface area contributed by atoms with Gasteiger partial charge in [-0.2, -0.15) is 4.99 Å². The van der Waals surface area contributed by atoms with Gasteiger partial charge in [-0.05, 0) is 96.9 Å². The van der Waals surface area contributed by atoms with Crippen LogP contribution in [0.4, 0.5) is 31.4 Å².